The van der Waals surface area contributed by atoms with E-state index in [2.05, 4.69) is 40.3 Å². The van der Waals surface area contributed by atoms with Crippen LogP contribution in [0.4, 0.5) is 0 Å². The molecule has 90 valence electrons. The lowest BCUT2D eigenvalue weighted by Gasteiger charge is -2.19. The number of nitrogens with one attached hydrogen (secondary N) is 1. The van der Waals surface area contributed by atoms with E-state index < -0.39 is 0 Å². The first-order valence-electron chi connectivity index (χ1n) is 5.80. The molecule has 0 aliphatic heterocycles. The fourth-order valence-electron chi connectivity index (χ4n) is 1.55. The number of likely N-dealkylation sites (N-methyl/N-ethyl adjacent to an activating group) is 1. The lowest BCUT2D eigenvalue weighted by molar-refractivity contribution is 0.0515. The van der Waals surface area contributed by atoms with Gasteiger partial charge in [0.25, 0.3) is 0 Å². The first kappa shape index (κ1) is 13.7. The van der Waals surface area contributed by atoms with Gasteiger partial charge in [0, 0.05) is 17.6 Å². The zero-order chi connectivity index (χ0) is 11.8. The minimum absolute atomic E-state index is 0.132. The lowest BCUT2D eigenvalue weighted by Crippen LogP contribution is -2.20. The third-order valence-electron chi connectivity index (χ3n) is 2.46. The van der Waals surface area contributed by atoms with Crippen LogP contribution in [0.15, 0.2) is 28.7 Å². The van der Waals surface area contributed by atoms with Gasteiger partial charge in [-0.05, 0) is 25.1 Å². The molecule has 0 saturated heterocycles. The van der Waals surface area contributed by atoms with E-state index in [1.54, 1.807) is 0 Å². The van der Waals surface area contributed by atoms with Crippen LogP contribution in [0.2, 0.25) is 0 Å². The van der Waals surface area contributed by atoms with E-state index in [-0.39, 0.29) is 6.10 Å². The zero-order valence-electron chi connectivity index (χ0n) is 10.0. The number of unbranched alkanes of at least 4 members (excludes halogenated alkanes) is 1. The van der Waals surface area contributed by atoms with Crippen molar-refractivity contribution < 1.29 is 4.74 Å². The van der Waals surface area contributed by atoms with Crippen molar-refractivity contribution in [3.8, 4) is 0 Å². The summed E-state index contributed by atoms with van der Waals surface area (Å²) in [5.41, 5.74) is 1.22. The van der Waals surface area contributed by atoms with Crippen molar-refractivity contribution in [3.05, 3.63) is 34.3 Å². The van der Waals surface area contributed by atoms with Crippen LogP contribution in [0, 0.1) is 0 Å². The summed E-state index contributed by atoms with van der Waals surface area (Å²) in [6.45, 7) is 3.84. The van der Waals surface area contributed by atoms with Crippen LogP contribution in [0.3, 0.4) is 0 Å². The Bertz CT molecular complexity index is 304. The quantitative estimate of drug-likeness (QED) is 0.774. The van der Waals surface area contributed by atoms with E-state index in [0.717, 1.165) is 24.0 Å². The van der Waals surface area contributed by atoms with Crippen molar-refractivity contribution in [2.24, 2.45) is 0 Å². The largest absolute Gasteiger partial charge is 0.372 e. The van der Waals surface area contributed by atoms with Gasteiger partial charge in [0.15, 0.2) is 0 Å². The summed E-state index contributed by atoms with van der Waals surface area (Å²) < 4.78 is 7.01. The molecule has 1 aromatic rings. The van der Waals surface area contributed by atoms with E-state index in [1.807, 2.05) is 19.2 Å². The van der Waals surface area contributed by atoms with Gasteiger partial charge in [0.1, 0.15) is 0 Å². The van der Waals surface area contributed by atoms with Crippen molar-refractivity contribution in [1.82, 2.24) is 5.32 Å². The molecule has 0 heterocycles. The Morgan fingerprint density at radius 2 is 2.12 bits per heavy atom. The molecule has 1 aromatic carbocycles. The Kier molecular flexibility index (Phi) is 6.69. The highest BCUT2D eigenvalue weighted by Crippen LogP contribution is 2.25. The third-order valence-corrected chi connectivity index (χ3v) is 3.18. The Hall–Kier alpha value is -0.380. The van der Waals surface area contributed by atoms with E-state index in [9.17, 15) is 0 Å². The van der Waals surface area contributed by atoms with Crippen molar-refractivity contribution in [2.45, 2.75) is 25.9 Å². The van der Waals surface area contributed by atoms with E-state index in [0.29, 0.717) is 0 Å². The molecule has 1 N–H and O–H groups in total. The SMILES string of the molecule is CCCCOC(CNC)c1ccccc1Br. The summed E-state index contributed by atoms with van der Waals surface area (Å²) in [6, 6.07) is 8.24. The average Bonchev–Trinajstić information content (AvgIpc) is 2.29. The van der Waals surface area contributed by atoms with Gasteiger partial charge in [-0.1, -0.05) is 47.5 Å². The predicted molar refractivity (Wildman–Crippen MR) is 71.7 cm³/mol. The second-order valence-electron chi connectivity index (χ2n) is 3.79. The molecule has 1 atom stereocenters. The average molecular weight is 286 g/mol. The second kappa shape index (κ2) is 7.82. The molecule has 1 rings (SSSR count). The molecule has 2 nitrogen and oxygen atoms in total. The van der Waals surface area contributed by atoms with Crippen LogP contribution in [0.5, 0.6) is 0 Å². The number of hydrogen-bond donors (Lipinski definition) is 1. The van der Waals surface area contributed by atoms with E-state index in [1.165, 1.54) is 12.0 Å². The Morgan fingerprint density at radius 3 is 2.75 bits per heavy atom. The molecule has 0 aromatic heterocycles. The number of rotatable bonds is 7. The van der Waals surface area contributed by atoms with Gasteiger partial charge in [-0.25, -0.2) is 0 Å². The molecule has 0 amide bonds. The number of halogens is 1. The smallest absolute Gasteiger partial charge is 0.0959 e. The Labute approximate surface area is 107 Å². The predicted octanol–water partition coefficient (Wildman–Crippen LogP) is 3.53. The maximum absolute atomic E-state index is 5.90. The standard InChI is InChI=1S/C13H20BrNO/c1-3-4-9-16-13(10-15-2)11-7-5-6-8-12(11)14/h5-8,13,15H,3-4,9-10H2,1-2H3. The summed E-state index contributed by atoms with van der Waals surface area (Å²) in [5, 5.41) is 3.17. The first-order chi connectivity index (χ1) is 7.79. The van der Waals surface area contributed by atoms with Crippen molar-refractivity contribution in [2.75, 3.05) is 20.2 Å². The molecule has 0 aliphatic carbocycles. The Balaban J connectivity index is 2.65. The molecular formula is C13H20BrNO. The fraction of sp³-hybridized carbons (Fsp3) is 0.538. The summed E-state index contributed by atoms with van der Waals surface area (Å²) in [5.74, 6) is 0. The molecule has 1 unspecified atom stereocenters. The van der Waals surface area contributed by atoms with Gasteiger partial charge in [0.05, 0.1) is 6.10 Å². The molecular weight excluding hydrogens is 266 g/mol. The lowest BCUT2D eigenvalue weighted by atomic mass is 10.1. The molecule has 3 heteroatoms. The summed E-state index contributed by atoms with van der Waals surface area (Å²) in [6.07, 6.45) is 2.42. The summed E-state index contributed by atoms with van der Waals surface area (Å²) in [4.78, 5) is 0. The highest BCUT2D eigenvalue weighted by molar-refractivity contribution is 9.10. The third kappa shape index (κ3) is 4.24. The van der Waals surface area contributed by atoms with Gasteiger partial charge in [-0.2, -0.15) is 0 Å². The van der Waals surface area contributed by atoms with Crippen LogP contribution in [-0.4, -0.2) is 20.2 Å². The van der Waals surface area contributed by atoms with Crippen molar-refractivity contribution in [3.63, 3.8) is 0 Å². The molecule has 0 spiro atoms. The van der Waals surface area contributed by atoms with E-state index in [4.69, 9.17) is 4.74 Å². The van der Waals surface area contributed by atoms with Crippen LogP contribution in [-0.2, 0) is 4.74 Å². The van der Waals surface area contributed by atoms with Gasteiger partial charge in [-0.3, -0.25) is 0 Å². The van der Waals surface area contributed by atoms with Crippen LogP contribution >= 0.6 is 15.9 Å². The van der Waals surface area contributed by atoms with Crippen molar-refractivity contribution >= 4 is 15.9 Å². The van der Waals surface area contributed by atoms with Gasteiger partial charge in [0.2, 0.25) is 0 Å². The molecule has 0 aliphatic rings. The number of hydrogen-bond acceptors (Lipinski definition) is 2. The summed E-state index contributed by atoms with van der Waals surface area (Å²) >= 11 is 3.57. The number of benzene rings is 1. The van der Waals surface area contributed by atoms with Gasteiger partial charge >= 0.3 is 0 Å². The first-order valence-corrected chi connectivity index (χ1v) is 6.59. The minimum Gasteiger partial charge on any atom is -0.372 e. The topological polar surface area (TPSA) is 21.3 Å². The number of ether oxygens (including phenoxy) is 1. The molecule has 0 radical (unpaired) electrons. The van der Waals surface area contributed by atoms with E-state index >= 15 is 0 Å². The Morgan fingerprint density at radius 1 is 1.38 bits per heavy atom. The molecule has 16 heavy (non-hydrogen) atoms. The minimum atomic E-state index is 0.132. The van der Waals surface area contributed by atoms with Gasteiger partial charge in [-0.15, -0.1) is 0 Å². The summed E-state index contributed by atoms with van der Waals surface area (Å²) in [7, 11) is 1.95. The maximum Gasteiger partial charge on any atom is 0.0959 e. The highest BCUT2D eigenvalue weighted by Gasteiger charge is 2.13. The highest BCUT2D eigenvalue weighted by atomic mass is 79.9. The zero-order valence-corrected chi connectivity index (χ0v) is 11.6. The molecule has 0 bridgehead atoms. The molecule has 0 fully saturated rings. The maximum atomic E-state index is 5.90. The normalized spacial score (nSPS) is 12.7. The van der Waals surface area contributed by atoms with Gasteiger partial charge < -0.3 is 10.1 Å². The van der Waals surface area contributed by atoms with Crippen LogP contribution in [0.25, 0.3) is 0 Å². The van der Waals surface area contributed by atoms with Crippen LogP contribution in [0.1, 0.15) is 31.4 Å². The second-order valence-corrected chi connectivity index (χ2v) is 4.65. The van der Waals surface area contributed by atoms with Crippen molar-refractivity contribution in [1.29, 1.82) is 0 Å². The monoisotopic (exact) mass is 285 g/mol. The molecule has 0 saturated carbocycles. The fourth-order valence-corrected chi connectivity index (χ4v) is 2.09. The van der Waals surface area contributed by atoms with Crippen LogP contribution < -0.4 is 5.32 Å².